The van der Waals surface area contributed by atoms with Crippen LogP contribution in [0.25, 0.3) is 0 Å². The van der Waals surface area contributed by atoms with Gasteiger partial charge in [-0.3, -0.25) is 9.36 Å². The van der Waals surface area contributed by atoms with Crippen molar-refractivity contribution in [3.63, 3.8) is 0 Å². The zero-order valence-electron chi connectivity index (χ0n) is 16.8. The lowest BCUT2D eigenvalue weighted by molar-refractivity contribution is -0.142. The Kier molecular flexibility index (Phi) is 6.38. The van der Waals surface area contributed by atoms with Gasteiger partial charge < -0.3 is 9.47 Å². The Labute approximate surface area is 178 Å². The third kappa shape index (κ3) is 4.83. The molecule has 0 saturated carbocycles. The highest BCUT2D eigenvalue weighted by Crippen LogP contribution is 2.34. The number of aryl methyl sites for hydroxylation is 1. The Morgan fingerprint density at radius 1 is 1.19 bits per heavy atom. The van der Waals surface area contributed by atoms with Gasteiger partial charge in [0.2, 0.25) is 11.6 Å². The highest BCUT2D eigenvalue weighted by molar-refractivity contribution is 5.43. The van der Waals surface area contributed by atoms with Gasteiger partial charge in [-0.25, -0.2) is 9.37 Å². The summed E-state index contributed by atoms with van der Waals surface area (Å²) < 4.78 is 64.5. The van der Waals surface area contributed by atoms with E-state index in [9.17, 15) is 22.4 Å². The number of nitrogens with zero attached hydrogens (tertiary/aromatic N) is 5. The maximum absolute atomic E-state index is 13.5. The molecule has 8 nitrogen and oxygen atoms in total. The maximum Gasteiger partial charge on any atom is 0.437 e. The molecule has 0 radical (unpaired) electrons. The van der Waals surface area contributed by atoms with E-state index in [1.807, 2.05) is 6.07 Å². The van der Waals surface area contributed by atoms with E-state index in [0.29, 0.717) is 11.9 Å². The molecule has 0 aliphatic rings. The van der Waals surface area contributed by atoms with Crippen LogP contribution < -0.4 is 15.0 Å². The molecule has 2 aromatic heterocycles. The van der Waals surface area contributed by atoms with E-state index in [-0.39, 0.29) is 35.0 Å². The van der Waals surface area contributed by atoms with Crippen molar-refractivity contribution in [3.8, 4) is 23.4 Å². The van der Waals surface area contributed by atoms with E-state index in [2.05, 4.69) is 15.2 Å². The Hall–Kier alpha value is -4.01. The second-order valence-electron chi connectivity index (χ2n) is 6.61. The maximum atomic E-state index is 13.5. The summed E-state index contributed by atoms with van der Waals surface area (Å²) in [5.74, 6) is -1.25. The van der Waals surface area contributed by atoms with Crippen molar-refractivity contribution in [2.24, 2.45) is 0 Å². The van der Waals surface area contributed by atoms with Crippen LogP contribution in [0.1, 0.15) is 28.1 Å². The predicted molar refractivity (Wildman–Crippen MR) is 102 cm³/mol. The molecule has 0 aliphatic heterocycles. The van der Waals surface area contributed by atoms with Crippen molar-refractivity contribution in [2.75, 3.05) is 7.11 Å². The molecule has 0 atom stereocenters. The first-order valence-corrected chi connectivity index (χ1v) is 8.98. The third-order valence-electron chi connectivity index (χ3n) is 4.22. The van der Waals surface area contributed by atoms with Crippen LogP contribution in [-0.2, 0) is 19.4 Å². The van der Waals surface area contributed by atoms with Gasteiger partial charge in [0.25, 0.3) is 5.56 Å². The van der Waals surface area contributed by atoms with Crippen LogP contribution in [0.4, 0.5) is 17.6 Å². The van der Waals surface area contributed by atoms with Crippen molar-refractivity contribution in [2.45, 2.75) is 26.3 Å². The lowest BCUT2D eigenvalue weighted by Gasteiger charge is -2.15. The summed E-state index contributed by atoms with van der Waals surface area (Å²) in [6.07, 6.45) is -4.28. The van der Waals surface area contributed by atoms with Crippen molar-refractivity contribution in [1.29, 1.82) is 5.26 Å². The van der Waals surface area contributed by atoms with E-state index in [4.69, 9.17) is 14.7 Å². The highest BCUT2D eigenvalue weighted by atomic mass is 19.4. The molecule has 0 aliphatic carbocycles. The van der Waals surface area contributed by atoms with Crippen LogP contribution >= 0.6 is 0 Å². The average molecular weight is 449 g/mol. The van der Waals surface area contributed by atoms with Crippen LogP contribution in [-0.4, -0.2) is 26.9 Å². The monoisotopic (exact) mass is 449 g/mol. The molecule has 1 aromatic carbocycles. The molecule has 0 spiro atoms. The van der Waals surface area contributed by atoms with Gasteiger partial charge in [-0.05, 0) is 36.8 Å². The summed E-state index contributed by atoms with van der Waals surface area (Å²) in [5, 5.41) is 16.5. The summed E-state index contributed by atoms with van der Waals surface area (Å²) in [6.45, 7) is 0.348. The van der Waals surface area contributed by atoms with Crippen LogP contribution in [0.2, 0.25) is 0 Å². The Morgan fingerprint density at radius 2 is 1.94 bits per heavy atom. The number of methoxy groups -OCH3 is 1. The van der Waals surface area contributed by atoms with Crippen LogP contribution in [0.15, 0.2) is 35.4 Å². The minimum absolute atomic E-state index is 0.0501. The second-order valence-corrected chi connectivity index (χ2v) is 6.61. The number of benzene rings is 1. The van der Waals surface area contributed by atoms with Crippen LogP contribution in [0, 0.1) is 18.3 Å². The standard InChI is InChI=1S/C20H15F4N5O3/c1-11-3-12(8-25)5-15(4-11)32-16-17(20(22,23)24)26-10-29(19(16)30)9-14-6-13(7-21)18(31-2)28-27-14/h3-6,10H,7,9H2,1-2H3. The number of nitriles is 1. The van der Waals surface area contributed by atoms with Crippen molar-refractivity contribution in [1.82, 2.24) is 19.7 Å². The normalized spacial score (nSPS) is 11.2. The predicted octanol–water partition coefficient (Wildman–Crippen LogP) is 3.55. The molecular weight excluding hydrogens is 434 g/mol. The van der Waals surface area contributed by atoms with E-state index in [0.717, 1.165) is 4.57 Å². The van der Waals surface area contributed by atoms with Crippen molar-refractivity contribution >= 4 is 0 Å². The molecule has 3 aromatic rings. The van der Waals surface area contributed by atoms with Gasteiger partial charge in [0.15, 0.2) is 5.69 Å². The molecule has 32 heavy (non-hydrogen) atoms. The Balaban J connectivity index is 2.07. The van der Waals surface area contributed by atoms with Crippen molar-refractivity contribution in [3.05, 3.63) is 69.0 Å². The zero-order valence-corrected chi connectivity index (χ0v) is 16.8. The third-order valence-corrected chi connectivity index (χ3v) is 4.22. The van der Waals surface area contributed by atoms with Gasteiger partial charge in [0, 0.05) is 5.56 Å². The fourth-order valence-corrected chi connectivity index (χ4v) is 2.85. The first-order valence-electron chi connectivity index (χ1n) is 8.98. The number of hydrogen-bond donors (Lipinski definition) is 0. The molecule has 0 amide bonds. The average Bonchev–Trinajstić information content (AvgIpc) is 2.75. The largest absolute Gasteiger partial charge is 0.480 e. The van der Waals surface area contributed by atoms with E-state index < -0.39 is 29.9 Å². The summed E-state index contributed by atoms with van der Waals surface area (Å²) in [5.41, 5.74) is -1.83. The lowest BCUT2D eigenvalue weighted by Crippen LogP contribution is -2.27. The molecule has 12 heteroatoms. The number of hydrogen-bond acceptors (Lipinski definition) is 7. The van der Waals surface area contributed by atoms with E-state index >= 15 is 0 Å². The first kappa shape index (κ1) is 22.7. The van der Waals surface area contributed by atoms with Gasteiger partial charge in [-0.2, -0.15) is 18.4 Å². The Morgan fingerprint density at radius 3 is 2.56 bits per heavy atom. The molecule has 2 heterocycles. The summed E-state index contributed by atoms with van der Waals surface area (Å²) in [7, 11) is 1.28. The molecular formula is C20H15F4N5O3. The lowest BCUT2D eigenvalue weighted by atomic mass is 10.1. The SMILES string of the molecule is COc1nnc(Cn2cnc(C(F)(F)F)c(Oc3cc(C)cc(C#N)c3)c2=O)cc1CF. The molecule has 0 bridgehead atoms. The molecule has 0 fully saturated rings. The summed E-state index contributed by atoms with van der Waals surface area (Å²) in [4.78, 5) is 16.2. The minimum atomic E-state index is -4.98. The second kappa shape index (κ2) is 9.01. The summed E-state index contributed by atoms with van der Waals surface area (Å²) in [6, 6.07) is 7.21. The number of rotatable bonds is 6. The molecule has 0 saturated heterocycles. The van der Waals surface area contributed by atoms with Gasteiger partial charge in [0.1, 0.15) is 12.4 Å². The fraction of sp³-hybridized carbons (Fsp3) is 0.250. The van der Waals surface area contributed by atoms with E-state index in [1.165, 1.54) is 31.4 Å². The number of alkyl halides is 4. The van der Waals surface area contributed by atoms with Crippen LogP contribution in [0.3, 0.4) is 0 Å². The number of ether oxygens (including phenoxy) is 2. The van der Waals surface area contributed by atoms with Crippen molar-refractivity contribution < 1.29 is 27.0 Å². The number of aromatic nitrogens is 4. The highest BCUT2D eigenvalue weighted by Gasteiger charge is 2.38. The Bertz CT molecular complexity index is 1250. The fourth-order valence-electron chi connectivity index (χ4n) is 2.85. The van der Waals surface area contributed by atoms with Gasteiger partial charge in [0.05, 0.1) is 37.3 Å². The zero-order chi connectivity index (χ0) is 23.5. The van der Waals surface area contributed by atoms with E-state index in [1.54, 1.807) is 6.92 Å². The van der Waals surface area contributed by atoms with Gasteiger partial charge in [-0.15, -0.1) is 10.2 Å². The quantitative estimate of drug-likeness (QED) is 0.530. The number of halogens is 4. The molecule has 3 rings (SSSR count). The first-order chi connectivity index (χ1) is 15.2. The molecule has 166 valence electrons. The summed E-state index contributed by atoms with van der Waals surface area (Å²) >= 11 is 0. The van der Waals surface area contributed by atoms with Gasteiger partial charge in [-0.1, -0.05) is 0 Å². The minimum Gasteiger partial charge on any atom is -0.480 e. The molecule has 0 N–H and O–H groups in total. The molecule has 0 unspecified atom stereocenters. The topological polar surface area (TPSA) is 103 Å². The van der Waals surface area contributed by atoms with Gasteiger partial charge >= 0.3 is 6.18 Å². The van der Waals surface area contributed by atoms with Crippen LogP contribution in [0.5, 0.6) is 17.4 Å². The smallest absolute Gasteiger partial charge is 0.437 e.